The van der Waals surface area contributed by atoms with Gasteiger partial charge in [-0.3, -0.25) is 4.99 Å². The molecule has 0 bridgehead atoms. The molecule has 0 spiro atoms. The first kappa shape index (κ1) is 13.1. The van der Waals surface area contributed by atoms with Crippen molar-refractivity contribution in [3.63, 3.8) is 0 Å². The van der Waals surface area contributed by atoms with E-state index in [9.17, 15) is 4.39 Å². The fraction of sp³-hybridized carbons (Fsp3) is 0.417. The second kappa shape index (κ2) is 6.04. The largest absolute Gasteiger partial charge is 0.334 e. The standard InChI is InChI=1S/C12H14FIN2S/c1-2-9-5-6-17-12(15-9)16-11-4-3-8(13)7-10(11)14/h3-4,7,9H,2,5-6H2,1H3,(H,15,16). The summed E-state index contributed by atoms with van der Waals surface area (Å²) in [6.45, 7) is 2.16. The lowest BCUT2D eigenvalue weighted by molar-refractivity contribution is 0.627. The first-order valence-electron chi connectivity index (χ1n) is 5.61. The van der Waals surface area contributed by atoms with Gasteiger partial charge in [0.05, 0.1) is 11.7 Å². The Morgan fingerprint density at radius 1 is 1.59 bits per heavy atom. The number of hydrogen-bond acceptors (Lipinski definition) is 3. The van der Waals surface area contributed by atoms with Gasteiger partial charge < -0.3 is 5.32 Å². The van der Waals surface area contributed by atoms with Gasteiger partial charge in [0.15, 0.2) is 5.17 Å². The Morgan fingerprint density at radius 2 is 2.41 bits per heavy atom. The number of benzene rings is 1. The van der Waals surface area contributed by atoms with Crippen LogP contribution in [0.5, 0.6) is 0 Å². The maximum absolute atomic E-state index is 13.0. The van der Waals surface area contributed by atoms with Crippen LogP contribution >= 0.6 is 34.4 Å². The van der Waals surface area contributed by atoms with Crippen LogP contribution in [0, 0.1) is 9.39 Å². The number of rotatable bonds is 2. The lowest BCUT2D eigenvalue weighted by Crippen LogP contribution is -2.19. The Hall–Kier alpha value is -0.300. The summed E-state index contributed by atoms with van der Waals surface area (Å²) >= 11 is 3.86. The highest BCUT2D eigenvalue weighted by Crippen LogP contribution is 2.24. The SMILES string of the molecule is CCC1CCSC(Nc2ccc(F)cc2I)=N1. The van der Waals surface area contributed by atoms with E-state index in [0.717, 1.165) is 33.0 Å². The predicted molar refractivity (Wildman–Crippen MR) is 81.3 cm³/mol. The van der Waals surface area contributed by atoms with Crippen molar-refractivity contribution < 1.29 is 4.39 Å². The zero-order valence-corrected chi connectivity index (χ0v) is 12.5. The Bertz CT molecular complexity index is 437. The molecule has 92 valence electrons. The van der Waals surface area contributed by atoms with E-state index in [1.165, 1.54) is 12.1 Å². The number of anilines is 1. The van der Waals surface area contributed by atoms with Gasteiger partial charge in [0.25, 0.3) is 0 Å². The quantitative estimate of drug-likeness (QED) is 0.799. The summed E-state index contributed by atoms with van der Waals surface area (Å²) in [7, 11) is 0. The Morgan fingerprint density at radius 3 is 3.12 bits per heavy atom. The number of amidine groups is 1. The summed E-state index contributed by atoms with van der Waals surface area (Å²) < 4.78 is 13.9. The van der Waals surface area contributed by atoms with Crippen molar-refractivity contribution in [2.45, 2.75) is 25.8 Å². The average Bonchev–Trinajstić information content (AvgIpc) is 2.33. The Labute approximate surface area is 119 Å². The van der Waals surface area contributed by atoms with Crippen molar-refractivity contribution in [1.29, 1.82) is 0 Å². The molecule has 1 heterocycles. The third-order valence-electron chi connectivity index (χ3n) is 2.63. The number of thioether (sulfide) groups is 1. The molecule has 5 heteroatoms. The molecule has 1 aromatic carbocycles. The molecule has 1 atom stereocenters. The second-order valence-corrected chi connectivity index (χ2v) is 6.13. The van der Waals surface area contributed by atoms with Crippen molar-refractivity contribution >= 4 is 45.2 Å². The highest BCUT2D eigenvalue weighted by atomic mass is 127. The minimum absolute atomic E-state index is 0.204. The monoisotopic (exact) mass is 364 g/mol. The van der Waals surface area contributed by atoms with Gasteiger partial charge in [0.2, 0.25) is 0 Å². The van der Waals surface area contributed by atoms with Gasteiger partial charge >= 0.3 is 0 Å². The topological polar surface area (TPSA) is 24.4 Å². The van der Waals surface area contributed by atoms with Crippen LogP contribution in [0.4, 0.5) is 10.1 Å². The second-order valence-electron chi connectivity index (χ2n) is 3.88. The molecule has 1 unspecified atom stereocenters. The van der Waals surface area contributed by atoms with E-state index in [1.807, 2.05) is 0 Å². The molecule has 0 saturated carbocycles. The van der Waals surface area contributed by atoms with Gasteiger partial charge in [-0.15, -0.1) is 0 Å². The lowest BCUT2D eigenvalue weighted by atomic mass is 10.2. The van der Waals surface area contributed by atoms with Gasteiger partial charge in [0.1, 0.15) is 5.82 Å². The fourth-order valence-corrected chi connectivity index (χ4v) is 3.23. The van der Waals surface area contributed by atoms with Crippen molar-refractivity contribution in [1.82, 2.24) is 0 Å². The molecule has 2 rings (SSSR count). The van der Waals surface area contributed by atoms with Crippen LogP contribution in [-0.4, -0.2) is 17.0 Å². The Balaban J connectivity index is 2.12. The molecule has 1 aliphatic heterocycles. The summed E-state index contributed by atoms with van der Waals surface area (Å²) in [5.74, 6) is 0.895. The van der Waals surface area contributed by atoms with Gasteiger partial charge in [-0.05, 0) is 53.6 Å². The molecule has 17 heavy (non-hydrogen) atoms. The highest BCUT2D eigenvalue weighted by molar-refractivity contribution is 14.1. The van der Waals surface area contributed by atoms with Gasteiger partial charge in [-0.25, -0.2) is 4.39 Å². The number of hydrogen-bond donors (Lipinski definition) is 1. The maximum Gasteiger partial charge on any atom is 0.161 e. The average molecular weight is 364 g/mol. The van der Waals surface area contributed by atoms with E-state index in [0.29, 0.717) is 6.04 Å². The summed E-state index contributed by atoms with van der Waals surface area (Å²) in [6, 6.07) is 5.18. The van der Waals surface area contributed by atoms with Gasteiger partial charge in [0, 0.05) is 9.32 Å². The van der Waals surface area contributed by atoms with Crippen LogP contribution < -0.4 is 5.32 Å². The van der Waals surface area contributed by atoms with Crippen LogP contribution in [0.3, 0.4) is 0 Å². The van der Waals surface area contributed by atoms with Crippen molar-refractivity contribution in [2.24, 2.45) is 4.99 Å². The molecular formula is C12H14FIN2S. The van der Waals surface area contributed by atoms with E-state index < -0.39 is 0 Å². The van der Waals surface area contributed by atoms with Gasteiger partial charge in [-0.1, -0.05) is 18.7 Å². The molecule has 0 aliphatic carbocycles. The van der Waals surface area contributed by atoms with Crippen molar-refractivity contribution in [3.8, 4) is 0 Å². The molecule has 1 aromatic rings. The lowest BCUT2D eigenvalue weighted by Gasteiger charge is -2.20. The zero-order chi connectivity index (χ0) is 12.3. The van der Waals surface area contributed by atoms with Crippen LogP contribution in [0.15, 0.2) is 23.2 Å². The fourth-order valence-electron chi connectivity index (χ4n) is 1.63. The molecule has 1 aliphatic rings. The first-order valence-corrected chi connectivity index (χ1v) is 7.68. The Kier molecular flexibility index (Phi) is 4.67. The molecule has 2 nitrogen and oxygen atoms in total. The number of nitrogens with one attached hydrogen (secondary N) is 1. The summed E-state index contributed by atoms with van der Waals surface area (Å²) in [5, 5.41) is 4.23. The zero-order valence-electron chi connectivity index (χ0n) is 9.54. The van der Waals surface area contributed by atoms with E-state index in [-0.39, 0.29) is 5.82 Å². The van der Waals surface area contributed by atoms with E-state index in [2.05, 4.69) is 39.8 Å². The predicted octanol–water partition coefficient (Wildman–Crippen LogP) is 4.11. The van der Waals surface area contributed by atoms with Crippen molar-refractivity contribution in [3.05, 3.63) is 27.6 Å². The minimum atomic E-state index is -0.204. The summed E-state index contributed by atoms with van der Waals surface area (Å²) in [6.07, 6.45) is 2.22. The minimum Gasteiger partial charge on any atom is -0.334 e. The van der Waals surface area contributed by atoms with Gasteiger partial charge in [-0.2, -0.15) is 0 Å². The van der Waals surface area contributed by atoms with Crippen molar-refractivity contribution in [2.75, 3.05) is 11.1 Å². The molecule has 0 saturated heterocycles. The van der Waals surface area contributed by atoms with E-state index in [1.54, 1.807) is 17.8 Å². The molecule has 1 N–H and O–H groups in total. The highest BCUT2D eigenvalue weighted by Gasteiger charge is 2.14. The van der Waals surface area contributed by atoms with E-state index in [4.69, 9.17) is 0 Å². The molecule has 0 fully saturated rings. The maximum atomic E-state index is 13.0. The first-order chi connectivity index (χ1) is 8.19. The molecule has 0 radical (unpaired) electrons. The van der Waals surface area contributed by atoms with Crippen LogP contribution in [0.25, 0.3) is 0 Å². The van der Waals surface area contributed by atoms with Crippen LogP contribution in [0.2, 0.25) is 0 Å². The number of halogens is 2. The van der Waals surface area contributed by atoms with Crippen LogP contribution in [0.1, 0.15) is 19.8 Å². The van der Waals surface area contributed by atoms with Crippen LogP contribution in [-0.2, 0) is 0 Å². The smallest absolute Gasteiger partial charge is 0.161 e. The van der Waals surface area contributed by atoms with E-state index >= 15 is 0 Å². The molecular weight excluding hydrogens is 350 g/mol. The summed E-state index contributed by atoms with van der Waals surface area (Å²) in [4.78, 5) is 4.63. The normalized spacial score (nSPS) is 19.9. The molecule has 0 amide bonds. The summed E-state index contributed by atoms with van der Waals surface area (Å²) in [5.41, 5.74) is 0.926. The third-order valence-corrected chi connectivity index (χ3v) is 4.45. The molecule has 0 aromatic heterocycles. The number of nitrogens with zero attached hydrogens (tertiary/aromatic N) is 1. The third kappa shape index (κ3) is 3.58. The number of aliphatic imine (C=N–C) groups is 1.